The van der Waals surface area contributed by atoms with E-state index in [1.165, 1.54) is 0 Å². The molecule has 0 saturated carbocycles. The molecule has 4 nitrogen and oxygen atoms in total. The third kappa shape index (κ3) is 0.845. The molecule has 0 aliphatic carbocycles. The van der Waals surface area contributed by atoms with Crippen LogP contribution in [0.15, 0.2) is 12.1 Å². The predicted octanol–water partition coefficient (Wildman–Crippen LogP) is 0.982. The van der Waals surface area contributed by atoms with E-state index in [0.29, 0.717) is 5.52 Å². The number of aromatic hydroxyl groups is 1. The molecular weight excluding hydrogens is 154 g/mol. The lowest BCUT2D eigenvalue weighted by Gasteiger charge is -1.97. The lowest BCUT2D eigenvalue weighted by Crippen LogP contribution is -1.89. The van der Waals surface area contributed by atoms with Gasteiger partial charge in [-0.15, -0.1) is 5.10 Å². The fraction of sp³-hybridized carbons (Fsp3) is 0.250. The van der Waals surface area contributed by atoms with Crippen molar-refractivity contribution in [3.8, 4) is 5.75 Å². The van der Waals surface area contributed by atoms with Gasteiger partial charge in [-0.25, -0.2) is 4.68 Å². The van der Waals surface area contributed by atoms with Gasteiger partial charge in [0, 0.05) is 7.05 Å². The van der Waals surface area contributed by atoms with Crippen molar-refractivity contribution in [2.24, 2.45) is 7.05 Å². The van der Waals surface area contributed by atoms with Gasteiger partial charge in [-0.3, -0.25) is 0 Å². The molecule has 0 spiro atoms. The Morgan fingerprint density at radius 3 is 2.92 bits per heavy atom. The Labute approximate surface area is 69.4 Å². The Morgan fingerprint density at radius 2 is 2.17 bits per heavy atom. The average Bonchev–Trinajstić information content (AvgIpc) is 2.31. The van der Waals surface area contributed by atoms with Crippen molar-refractivity contribution in [2.45, 2.75) is 6.92 Å². The molecule has 1 heterocycles. The monoisotopic (exact) mass is 163 g/mol. The van der Waals surface area contributed by atoms with Gasteiger partial charge in [0.15, 0.2) is 0 Å². The molecule has 0 bridgehead atoms. The molecular formula is C8H9N3O. The number of hydrogen-bond donors (Lipinski definition) is 1. The second-order valence-corrected chi connectivity index (χ2v) is 2.86. The molecule has 0 fully saturated rings. The number of benzene rings is 1. The second-order valence-electron chi connectivity index (χ2n) is 2.86. The minimum Gasteiger partial charge on any atom is -0.506 e. The minimum atomic E-state index is 0.234. The number of rotatable bonds is 0. The van der Waals surface area contributed by atoms with Gasteiger partial charge in [0.05, 0.1) is 0 Å². The van der Waals surface area contributed by atoms with Crippen molar-refractivity contribution in [3.63, 3.8) is 0 Å². The Balaban J connectivity index is 2.93. The lowest BCUT2D eigenvalue weighted by atomic mass is 10.2. The Hall–Kier alpha value is -1.58. The third-order valence-corrected chi connectivity index (χ3v) is 1.82. The van der Waals surface area contributed by atoms with Crippen molar-refractivity contribution in [2.75, 3.05) is 0 Å². The fourth-order valence-corrected chi connectivity index (χ4v) is 1.31. The summed E-state index contributed by atoms with van der Waals surface area (Å²) < 4.78 is 1.56. The molecule has 0 unspecified atom stereocenters. The van der Waals surface area contributed by atoms with Gasteiger partial charge >= 0.3 is 0 Å². The van der Waals surface area contributed by atoms with Gasteiger partial charge in [0.25, 0.3) is 0 Å². The molecule has 2 aromatic rings. The largest absolute Gasteiger partial charge is 0.506 e. The summed E-state index contributed by atoms with van der Waals surface area (Å²) in [6.07, 6.45) is 0. The van der Waals surface area contributed by atoms with E-state index in [1.54, 1.807) is 17.8 Å². The van der Waals surface area contributed by atoms with Gasteiger partial charge in [0.2, 0.25) is 0 Å². The van der Waals surface area contributed by atoms with Crippen LogP contribution >= 0.6 is 0 Å². The first-order chi connectivity index (χ1) is 5.68. The van der Waals surface area contributed by atoms with Crippen LogP contribution in [-0.4, -0.2) is 20.1 Å². The summed E-state index contributed by atoms with van der Waals surface area (Å²) in [5.74, 6) is 0.234. The van der Waals surface area contributed by atoms with Crippen LogP contribution < -0.4 is 0 Å². The van der Waals surface area contributed by atoms with E-state index in [4.69, 9.17) is 0 Å². The molecule has 4 heteroatoms. The Kier molecular flexibility index (Phi) is 1.30. The zero-order valence-corrected chi connectivity index (χ0v) is 6.94. The molecule has 0 aliphatic rings. The summed E-state index contributed by atoms with van der Waals surface area (Å²) in [6.45, 7) is 1.91. The standard InChI is InChI=1S/C8H9N3O/c1-5-3-6-8(7(12)4-5)11(2)10-9-6/h3-4,12H,1-2H3. The van der Waals surface area contributed by atoms with Crippen LogP contribution in [0.5, 0.6) is 5.75 Å². The number of nitrogens with zero attached hydrogens (tertiary/aromatic N) is 3. The van der Waals surface area contributed by atoms with E-state index in [1.807, 2.05) is 13.0 Å². The first-order valence-corrected chi connectivity index (χ1v) is 3.67. The van der Waals surface area contributed by atoms with E-state index < -0.39 is 0 Å². The predicted molar refractivity (Wildman–Crippen MR) is 44.9 cm³/mol. The summed E-state index contributed by atoms with van der Waals surface area (Å²) in [5.41, 5.74) is 2.40. The first kappa shape index (κ1) is 7.09. The molecule has 0 aliphatic heterocycles. The van der Waals surface area contributed by atoms with Crippen molar-refractivity contribution >= 4 is 11.0 Å². The highest BCUT2D eigenvalue weighted by molar-refractivity contribution is 5.81. The third-order valence-electron chi connectivity index (χ3n) is 1.82. The van der Waals surface area contributed by atoms with Crippen molar-refractivity contribution < 1.29 is 5.11 Å². The van der Waals surface area contributed by atoms with E-state index in [-0.39, 0.29) is 5.75 Å². The molecule has 0 amide bonds. The van der Waals surface area contributed by atoms with Crippen LogP contribution in [-0.2, 0) is 7.05 Å². The van der Waals surface area contributed by atoms with Crippen molar-refractivity contribution in [1.82, 2.24) is 15.0 Å². The van der Waals surface area contributed by atoms with Crippen LogP contribution in [0.1, 0.15) is 5.56 Å². The number of hydrogen-bond acceptors (Lipinski definition) is 3. The van der Waals surface area contributed by atoms with Crippen molar-refractivity contribution in [1.29, 1.82) is 0 Å². The smallest absolute Gasteiger partial charge is 0.143 e. The minimum absolute atomic E-state index is 0.234. The normalized spacial score (nSPS) is 10.8. The van der Waals surface area contributed by atoms with E-state index in [0.717, 1.165) is 11.1 Å². The zero-order valence-electron chi connectivity index (χ0n) is 6.94. The molecule has 1 aromatic carbocycles. The maximum atomic E-state index is 9.52. The highest BCUT2D eigenvalue weighted by atomic mass is 16.3. The maximum Gasteiger partial charge on any atom is 0.143 e. The molecule has 0 saturated heterocycles. The molecule has 12 heavy (non-hydrogen) atoms. The molecule has 2 rings (SSSR count). The summed E-state index contributed by atoms with van der Waals surface area (Å²) in [7, 11) is 1.75. The lowest BCUT2D eigenvalue weighted by molar-refractivity contribution is 0.477. The van der Waals surface area contributed by atoms with Crippen LogP contribution in [0.2, 0.25) is 0 Å². The molecule has 0 radical (unpaired) electrons. The number of aryl methyl sites for hydroxylation is 2. The summed E-state index contributed by atoms with van der Waals surface area (Å²) >= 11 is 0. The molecule has 1 aromatic heterocycles. The number of aromatic nitrogens is 3. The molecule has 62 valence electrons. The first-order valence-electron chi connectivity index (χ1n) is 3.67. The van der Waals surface area contributed by atoms with Gasteiger partial charge in [-0.2, -0.15) is 0 Å². The van der Waals surface area contributed by atoms with E-state index >= 15 is 0 Å². The Bertz CT molecular complexity index is 433. The number of phenols is 1. The fourth-order valence-electron chi connectivity index (χ4n) is 1.31. The van der Waals surface area contributed by atoms with Crippen LogP contribution in [0.25, 0.3) is 11.0 Å². The van der Waals surface area contributed by atoms with Gasteiger partial charge in [-0.05, 0) is 24.6 Å². The van der Waals surface area contributed by atoms with E-state index in [9.17, 15) is 5.11 Å². The summed E-state index contributed by atoms with van der Waals surface area (Å²) in [5, 5.41) is 17.2. The summed E-state index contributed by atoms with van der Waals surface area (Å²) in [6, 6.07) is 3.59. The Morgan fingerprint density at radius 1 is 1.42 bits per heavy atom. The molecule has 0 atom stereocenters. The van der Waals surface area contributed by atoms with Crippen molar-refractivity contribution in [3.05, 3.63) is 17.7 Å². The SMILES string of the molecule is Cc1cc(O)c2c(c1)nnn2C. The van der Waals surface area contributed by atoms with Crippen LogP contribution in [0.3, 0.4) is 0 Å². The van der Waals surface area contributed by atoms with Crippen LogP contribution in [0, 0.1) is 6.92 Å². The summed E-state index contributed by atoms with van der Waals surface area (Å²) in [4.78, 5) is 0. The highest BCUT2D eigenvalue weighted by Crippen LogP contribution is 2.23. The zero-order chi connectivity index (χ0) is 8.72. The highest BCUT2D eigenvalue weighted by Gasteiger charge is 2.06. The van der Waals surface area contributed by atoms with E-state index in [2.05, 4.69) is 10.3 Å². The average molecular weight is 163 g/mol. The second kappa shape index (κ2) is 2.20. The topological polar surface area (TPSA) is 50.9 Å². The maximum absolute atomic E-state index is 9.52. The van der Waals surface area contributed by atoms with Gasteiger partial charge < -0.3 is 5.11 Å². The number of fused-ring (bicyclic) bond motifs is 1. The number of phenolic OH excluding ortho intramolecular Hbond substituents is 1. The molecule has 1 N–H and O–H groups in total. The van der Waals surface area contributed by atoms with Gasteiger partial charge in [-0.1, -0.05) is 5.21 Å². The van der Waals surface area contributed by atoms with Gasteiger partial charge in [0.1, 0.15) is 16.8 Å². The quantitative estimate of drug-likeness (QED) is 0.629. The van der Waals surface area contributed by atoms with Crippen LogP contribution in [0.4, 0.5) is 0 Å².